The summed E-state index contributed by atoms with van der Waals surface area (Å²) in [6.45, 7) is 0.785. The molecule has 2 N–H and O–H groups in total. The summed E-state index contributed by atoms with van der Waals surface area (Å²) in [6.07, 6.45) is 1.71. The lowest BCUT2D eigenvalue weighted by molar-refractivity contribution is 0.893. The second kappa shape index (κ2) is 4.27. The molecule has 0 radical (unpaired) electrons. The lowest BCUT2D eigenvalue weighted by Crippen LogP contribution is -2.16. The number of nitrogen functional groups attached to an aromatic ring is 1. The maximum Gasteiger partial charge on any atom is 0.125 e. The van der Waals surface area contributed by atoms with Crippen molar-refractivity contribution in [2.75, 3.05) is 17.7 Å². The quantitative estimate of drug-likeness (QED) is 0.856. The third-order valence-electron chi connectivity index (χ3n) is 2.09. The Bertz CT molecular complexity index is 427. The molecule has 0 atom stereocenters. The van der Waals surface area contributed by atoms with Crippen molar-refractivity contribution in [1.29, 1.82) is 0 Å². The van der Waals surface area contributed by atoms with Gasteiger partial charge in [0.2, 0.25) is 0 Å². The van der Waals surface area contributed by atoms with Crippen LogP contribution in [0.25, 0.3) is 0 Å². The minimum absolute atomic E-state index is 0.539. The molecule has 0 aromatic carbocycles. The highest BCUT2D eigenvalue weighted by Crippen LogP contribution is 2.16. The van der Waals surface area contributed by atoms with Crippen LogP contribution in [-0.4, -0.2) is 17.0 Å². The highest BCUT2D eigenvalue weighted by molar-refractivity contribution is 7.07. The van der Waals surface area contributed by atoms with Gasteiger partial charge < -0.3 is 10.6 Å². The molecule has 0 aliphatic heterocycles. The molecular weight excluding hydrogens is 208 g/mol. The number of nitrogens with zero attached hydrogens (tertiary/aromatic N) is 3. The Kier molecular flexibility index (Phi) is 2.82. The van der Waals surface area contributed by atoms with E-state index in [1.165, 1.54) is 0 Å². The Labute approximate surface area is 92.4 Å². The van der Waals surface area contributed by atoms with Gasteiger partial charge in [0.15, 0.2) is 0 Å². The fourth-order valence-electron chi connectivity index (χ4n) is 1.32. The highest BCUT2D eigenvalue weighted by Gasteiger charge is 2.03. The van der Waals surface area contributed by atoms with Gasteiger partial charge in [-0.15, -0.1) is 11.3 Å². The minimum atomic E-state index is 0.539. The molecule has 0 aliphatic rings. The number of pyridine rings is 1. The lowest BCUT2D eigenvalue weighted by atomic mass is 10.3. The first kappa shape index (κ1) is 9.92. The molecule has 0 unspecified atom stereocenters. The van der Waals surface area contributed by atoms with Crippen LogP contribution < -0.4 is 10.6 Å². The Morgan fingerprint density at radius 1 is 1.47 bits per heavy atom. The maximum absolute atomic E-state index is 5.62. The third kappa shape index (κ3) is 2.44. The molecule has 5 heteroatoms. The molecule has 0 saturated carbocycles. The first-order chi connectivity index (χ1) is 7.25. The molecular formula is C10H12N4S. The van der Waals surface area contributed by atoms with Gasteiger partial charge in [0.25, 0.3) is 0 Å². The van der Waals surface area contributed by atoms with Gasteiger partial charge >= 0.3 is 0 Å². The van der Waals surface area contributed by atoms with Crippen LogP contribution in [0.3, 0.4) is 0 Å². The molecule has 0 aliphatic carbocycles. The van der Waals surface area contributed by atoms with E-state index in [9.17, 15) is 0 Å². The zero-order valence-corrected chi connectivity index (χ0v) is 9.24. The van der Waals surface area contributed by atoms with Crippen molar-refractivity contribution >= 4 is 22.8 Å². The van der Waals surface area contributed by atoms with E-state index in [1.807, 2.05) is 30.1 Å². The Hall–Kier alpha value is -1.62. The number of hydrogen-bond donors (Lipinski definition) is 1. The SMILES string of the molecule is CN(Cc1cscn1)c1ccnc(N)c1. The Morgan fingerprint density at radius 2 is 2.33 bits per heavy atom. The molecule has 2 heterocycles. The number of thiazole rings is 1. The summed E-state index contributed by atoms with van der Waals surface area (Å²) in [7, 11) is 2.01. The molecule has 4 nitrogen and oxygen atoms in total. The fraction of sp³-hybridized carbons (Fsp3) is 0.200. The van der Waals surface area contributed by atoms with Gasteiger partial charge in [-0.05, 0) is 6.07 Å². The maximum atomic E-state index is 5.62. The summed E-state index contributed by atoms with van der Waals surface area (Å²) in [5.41, 5.74) is 9.57. The van der Waals surface area contributed by atoms with Gasteiger partial charge in [-0.3, -0.25) is 0 Å². The summed E-state index contributed by atoms with van der Waals surface area (Å²) in [4.78, 5) is 10.3. The van der Waals surface area contributed by atoms with E-state index in [0.717, 1.165) is 17.9 Å². The van der Waals surface area contributed by atoms with Crippen LogP contribution in [-0.2, 0) is 6.54 Å². The molecule has 0 spiro atoms. The monoisotopic (exact) mass is 220 g/mol. The molecule has 2 aromatic heterocycles. The van der Waals surface area contributed by atoms with E-state index >= 15 is 0 Å². The van der Waals surface area contributed by atoms with E-state index in [0.29, 0.717) is 5.82 Å². The van der Waals surface area contributed by atoms with Crippen LogP contribution in [0.2, 0.25) is 0 Å². The average Bonchev–Trinajstić information content (AvgIpc) is 2.70. The molecule has 2 aromatic rings. The summed E-state index contributed by atoms with van der Waals surface area (Å²) < 4.78 is 0. The number of anilines is 2. The van der Waals surface area contributed by atoms with E-state index < -0.39 is 0 Å². The minimum Gasteiger partial charge on any atom is -0.384 e. The second-order valence-corrected chi connectivity index (χ2v) is 3.99. The zero-order valence-electron chi connectivity index (χ0n) is 8.42. The third-order valence-corrected chi connectivity index (χ3v) is 2.72. The van der Waals surface area contributed by atoms with Crippen molar-refractivity contribution in [3.8, 4) is 0 Å². The van der Waals surface area contributed by atoms with Crippen LogP contribution in [0.1, 0.15) is 5.69 Å². The van der Waals surface area contributed by atoms with Crippen LogP contribution in [0.5, 0.6) is 0 Å². The van der Waals surface area contributed by atoms with Crippen molar-refractivity contribution in [3.05, 3.63) is 34.9 Å². The van der Waals surface area contributed by atoms with Crippen LogP contribution >= 0.6 is 11.3 Å². The largest absolute Gasteiger partial charge is 0.384 e. The molecule has 0 fully saturated rings. The average molecular weight is 220 g/mol. The van der Waals surface area contributed by atoms with Crippen molar-refractivity contribution in [2.45, 2.75) is 6.54 Å². The smallest absolute Gasteiger partial charge is 0.125 e. The lowest BCUT2D eigenvalue weighted by Gasteiger charge is -2.17. The van der Waals surface area contributed by atoms with E-state index in [-0.39, 0.29) is 0 Å². The van der Waals surface area contributed by atoms with Crippen LogP contribution in [0.4, 0.5) is 11.5 Å². The second-order valence-electron chi connectivity index (χ2n) is 3.27. The molecule has 0 amide bonds. The summed E-state index contributed by atoms with van der Waals surface area (Å²) in [5, 5.41) is 2.04. The molecule has 0 bridgehead atoms. The molecule has 15 heavy (non-hydrogen) atoms. The normalized spacial score (nSPS) is 10.2. The summed E-state index contributed by atoms with van der Waals surface area (Å²) in [6, 6.07) is 3.79. The Balaban J connectivity index is 2.11. The topological polar surface area (TPSA) is 55.0 Å². The Morgan fingerprint density at radius 3 is 3.00 bits per heavy atom. The molecule has 0 saturated heterocycles. The number of aromatic nitrogens is 2. The number of nitrogens with two attached hydrogens (primary N) is 1. The summed E-state index contributed by atoms with van der Waals surface area (Å²) in [5.74, 6) is 0.539. The van der Waals surface area contributed by atoms with Gasteiger partial charge in [0.05, 0.1) is 17.7 Å². The number of hydrogen-bond acceptors (Lipinski definition) is 5. The van der Waals surface area contributed by atoms with Crippen molar-refractivity contribution in [2.24, 2.45) is 0 Å². The van der Waals surface area contributed by atoms with E-state index in [1.54, 1.807) is 17.5 Å². The fourth-order valence-corrected chi connectivity index (χ4v) is 1.87. The number of rotatable bonds is 3. The van der Waals surface area contributed by atoms with Crippen molar-refractivity contribution in [3.63, 3.8) is 0 Å². The molecule has 2 rings (SSSR count). The van der Waals surface area contributed by atoms with Gasteiger partial charge in [0, 0.05) is 30.4 Å². The summed E-state index contributed by atoms with van der Waals surface area (Å²) >= 11 is 1.61. The van der Waals surface area contributed by atoms with Gasteiger partial charge in [-0.1, -0.05) is 0 Å². The van der Waals surface area contributed by atoms with Crippen LogP contribution in [0, 0.1) is 0 Å². The predicted octanol–water partition coefficient (Wildman–Crippen LogP) is 1.76. The van der Waals surface area contributed by atoms with E-state index in [2.05, 4.69) is 14.9 Å². The highest BCUT2D eigenvalue weighted by atomic mass is 32.1. The predicted molar refractivity (Wildman–Crippen MR) is 62.9 cm³/mol. The standard InChI is InChI=1S/C10H12N4S/c1-14(5-8-6-15-7-13-8)9-2-3-12-10(11)4-9/h2-4,6-7H,5H2,1H3,(H2,11,12). The van der Waals surface area contributed by atoms with Gasteiger partial charge in [0.1, 0.15) is 5.82 Å². The first-order valence-corrected chi connectivity index (χ1v) is 5.50. The van der Waals surface area contributed by atoms with Crippen molar-refractivity contribution < 1.29 is 0 Å². The van der Waals surface area contributed by atoms with Gasteiger partial charge in [-0.2, -0.15) is 0 Å². The molecule has 78 valence electrons. The van der Waals surface area contributed by atoms with Crippen molar-refractivity contribution in [1.82, 2.24) is 9.97 Å². The van der Waals surface area contributed by atoms with Gasteiger partial charge in [-0.25, -0.2) is 9.97 Å². The van der Waals surface area contributed by atoms with E-state index in [4.69, 9.17) is 5.73 Å². The van der Waals surface area contributed by atoms with Crippen LogP contribution in [0.15, 0.2) is 29.2 Å². The first-order valence-electron chi connectivity index (χ1n) is 4.55. The zero-order chi connectivity index (χ0) is 10.7.